The smallest absolute Gasteiger partial charge is 0.416 e. The van der Waals surface area contributed by atoms with Gasteiger partial charge in [-0.2, -0.15) is 13.2 Å². The van der Waals surface area contributed by atoms with E-state index < -0.39 is 11.7 Å². The number of nitrogens with one attached hydrogen (secondary N) is 2. The summed E-state index contributed by atoms with van der Waals surface area (Å²) in [5.74, 6) is 1.14. The van der Waals surface area contributed by atoms with Gasteiger partial charge < -0.3 is 20.1 Å². The molecule has 0 amide bonds. The highest BCUT2D eigenvalue weighted by atomic mass is 19.4. The summed E-state index contributed by atoms with van der Waals surface area (Å²) >= 11 is 0. The molecule has 0 fully saturated rings. The van der Waals surface area contributed by atoms with Gasteiger partial charge in [0.25, 0.3) is 0 Å². The van der Waals surface area contributed by atoms with E-state index in [1.165, 1.54) is 6.07 Å². The first-order chi connectivity index (χ1) is 13.4. The summed E-state index contributed by atoms with van der Waals surface area (Å²) in [6.45, 7) is 1.38. The molecule has 5 nitrogen and oxygen atoms in total. The highest BCUT2D eigenvalue weighted by molar-refractivity contribution is 5.93. The lowest BCUT2D eigenvalue weighted by Crippen LogP contribution is -2.30. The Morgan fingerprint density at radius 2 is 1.86 bits per heavy atom. The van der Waals surface area contributed by atoms with E-state index in [1.807, 2.05) is 24.3 Å². The zero-order valence-electron chi connectivity index (χ0n) is 15.8. The van der Waals surface area contributed by atoms with E-state index in [0.29, 0.717) is 30.5 Å². The third-order valence-corrected chi connectivity index (χ3v) is 3.80. The highest BCUT2D eigenvalue weighted by Crippen LogP contribution is 2.29. The van der Waals surface area contributed by atoms with Crippen molar-refractivity contribution in [2.75, 3.05) is 32.7 Å². The van der Waals surface area contributed by atoms with Gasteiger partial charge in [-0.25, -0.2) is 0 Å². The van der Waals surface area contributed by atoms with Crippen LogP contribution in [-0.2, 0) is 17.5 Å². The molecule has 0 saturated heterocycles. The van der Waals surface area contributed by atoms with Gasteiger partial charge in [0.2, 0.25) is 0 Å². The van der Waals surface area contributed by atoms with Crippen LogP contribution in [0.25, 0.3) is 0 Å². The number of guanidine groups is 1. The average Bonchev–Trinajstić information content (AvgIpc) is 2.68. The Hall–Kier alpha value is -2.74. The van der Waals surface area contributed by atoms with Gasteiger partial charge in [0.1, 0.15) is 5.75 Å². The maximum Gasteiger partial charge on any atom is 0.416 e. The van der Waals surface area contributed by atoms with Crippen LogP contribution in [0.3, 0.4) is 0 Å². The predicted octanol–water partition coefficient (Wildman–Crippen LogP) is 4.31. The van der Waals surface area contributed by atoms with Gasteiger partial charge >= 0.3 is 6.18 Å². The van der Waals surface area contributed by atoms with Crippen LogP contribution in [0.5, 0.6) is 5.75 Å². The molecule has 28 heavy (non-hydrogen) atoms. The summed E-state index contributed by atoms with van der Waals surface area (Å²) in [7, 11) is 3.23. The van der Waals surface area contributed by atoms with Crippen LogP contribution in [0, 0.1) is 0 Å². The van der Waals surface area contributed by atoms with Crippen LogP contribution < -0.4 is 15.4 Å². The van der Waals surface area contributed by atoms with E-state index in [0.717, 1.165) is 24.2 Å². The Balaban J connectivity index is 1.93. The molecule has 2 aromatic carbocycles. The van der Waals surface area contributed by atoms with Gasteiger partial charge in [0.15, 0.2) is 5.96 Å². The quantitative estimate of drug-likeness (QED) is 0.397. The Kier molecular flexibility index (Phi) is 8.13. The van der Waals surface area contributed by atoms with Crippen molar-refractivity contribution in [3.05, 3.63) is 59.7 Å². The van der Waals surface area contributed by atoms with Gasteiger partial charge in [0.05, 0.1) is 12.2 Å². The maximum atomic E-state index is 12.8. The minimum Gasteiger partial charge on any atom is -0.493 e. The van der Waals surface area contributed by atoms with Crippen LogP contribution in [0.2, 0.25) is 0 Å². The summed E-state index contributed by atoms with van der Waals surface area (Å²) in [6.07, 6.45) is -3.58. The largest absolute Gasteiger partial charge is 0.493 e. The topological polar surface area (TPSA) is 54.9 Å². The van der Waals surface area contributed by atoms with Crippen molar-refractivity contribution in [1.29, 1.82) is 0 Å². The number of benzene rings is 2. The van der Waals surface area contributed by atoms with Crippen molar-refractivity contribution < 1.29 is 22.6 Å². The van der Waals surface area contributed by atoms with Crippen LogP contribution in [0.4, 0.5) is 18.9 Å². The molecular formula is C20H24F3N3O2. The average molecular weight is 395 g/mol. The molecule has 0 radical (unpaired) electrons. The molecule has 0 unspecified atom stereocenters. The number of nitrogens with zero attached hydrogens (tertiary/aromatic N) is 1. The second kappa shape index (κ2) is 10.6. The first-order valence-corrected chi connectivity index (χ1v) is 8.78. The van der Waals surface area contributed by atoms with E-state index in [1.54, 1.807) is 20.2 Å². The maximum absolute atomic E-state index is 12.8. The van der Waals surface area contributed by atoms with Gasteiger partial charge in [-0.15, -0.1) is 0 Å². The minimum absolute atomic E-state index is 0.205. The second-order valence-corrected chi connectivity index (χ2v) is 5.97. The lowest BCUT2D eigenvalue weighted by atomic mass is 10.1. The minimum atomic E-state index is -4.36. The zero-order valence-corrected chi connectivity index (χ0v) is 15.8. The first kappa shape index (κ1) is 21.6. The van der Waals surface area contributed by atoms with Crippen molar-refractivity contribution in [3.8, 4) is 5.75 Å². The summed E-state index contributed by atoms with van der Waals surface area (Å²) in [6, 6.07) is 12.5. The number of alkyl halides is 3. The van der Waals surface area contributed by atoms with Crippen molar-refractivity contribution in [3.63, 3.8) is 0 Å². The lowest BCUT2D eigenvalue weighted by molar-refractivity contribution is -0.137. The van der Waals surface area contributed by atoms with E-state index in [4.69, 9.17) is 9.47 Å². The van der Waals surface area contributed by atoms with Crippen molar-refractivity contribution in [2.45, 2.75) is 19.1 Å². The molecule has 2 N–H and O–H groups in total. The molecule has 0 spiro atoms. The number of ether oxygens (including phenoxy) is 2. The number of hydrogen-bond acceptors (Lipinski definition) is 3. The number of rotatable bonds is 8. The van der Waals surface area contributed by atoms with E-state index in [-0.39, 0.29) is 6.54 Å². The molecule has 0 aromatic heterocycles. The molecule has 0 saturated carbocycles. The summed E-state index contributed by atoms with van der Waals surface area (Å²) in [4.78, 5) is 4.10. The highest BCUT2D eigenvalue weighted by Gasteiger charge is 2.30. The summed E-state index contributed by atoms with van der Waals surface area (Å²) < 4.78 is 49.1. The molecule has 0 heterocycles. The van der Waals surface area contributed by atoms with Crippen LogP contribution in [-0.4, -0.2) is 33.3 Å². The molecular weight excluding hydrogens is 371 g/mol. The SMILES string of the molecule is CN=C(NCc1cccc(C(F)(F)F)c1)Nc1cccc(OCCCOC)c1. The van der Waals surface area contributed by atoms with Gasteiger partial charge in [0, 0.05) is 45.5 Å². The molecule has 8 heteroatoms. The Labute approximate surface area is 162 Å². The molecule has 152 valence electrons. The van der Waals surface area contributed by atoms with E-state index >= 15 is 0 Å². The number of methoxy groups -OCH3 is 1. The number of halogens is 3. The lowest BCUT2D eigenvalue weighted by Gasteiger charge is -2.14. The van der Waals surface area contributed by atoms with E-state index in [9.17, 15) is 13.2 Å². The zero-order chi connectivity index (χ0) is 20.4. The Morgan fingerprint density at radius 3 is 2.57 bits per heavy atom. The normalized spacial score (nSPS) is 12.0. The van der Waals surface area contributed by atoms with Crippen LogP contribution in [0.15, 0.2) is 53.5 Å². The van der Waals surface area contributed by atoms with Gasteiger partial charge in [-0.1, -0.05) is 18.2 Å². The molecule has 0 bridgehead atoms. The number of hydrogen-bond donors (Lipinski definition) is 2. The third-order valence-electron chi connectivity index (χ3n) is 3.80. The molecule has 2 rings (SSSR count). The van der Waals surface area contributed by atoms with Crippen LogP contribution in [0.1, 0.15) is 17.5 Å². The molecule has 2 aromatic rings. The first-order valence-electron chi connectivity index (χ1n) is 8.78. The van der Waals surface area contributed by atoms with Gasteiger partial charge in [-0.3, -0.25) is 4.99 Å². The van der Waals surface area contributed by atoms with Gasteiger partial charge in [-0.05, 0) is 29.8 Å². The predicted molar refractivity (Wildman–Crippen MR) is 104 cm³/mol. The number of anilines is 1. The Morgan fingerprint density at radius 1 is 1.07 bits per heavy atom. The van der Waals surface area contributed by atoms with Crippen molar-refractivity contribution in [2.24, 2.45) is 4.99 Å². The van der Waals surface area contributed by atoms with Crippen molar-refractivity contribution in [1.82, 2.24) is 5.32 Å². The fourth-order valence-corrected chi connectivity index (χ4v) is 2.42. The second-order valence-electron chi connectivity index (χ2n) is 5.97. The third kappa shape index (κ3) is 7.11. The van der Waals surface area contributed by atoms with Crippen LogP contribution >= 0.6 is 0 Å². The molecule has 0 aliphatic heterocycles. The fourth-order valence-electron chi connectivity index (χ4n) is 2.42. The monoisotopic (exact) mass is 395 g/mol. The molecule has 0 aliphatic rings. The summed E-state index contributed by atoms with van der Waals surface area (Å²) in [5, 5.41) is 6.10. The van der Waals surface area contributed by atoms with E-state index in [2.05, 4.69) is 15.6 Å². The van der Waals surface area contributed by atoms with Crippen molar-refractivity contribution >= 4 is 11.6 Å². The Bertz CT molecular complexity index is 779. The fraction of sp³-hybridized carbons (Fsp3) is 0.350. The molecule has 0 atom stereocenters. The summed E-state index contributed by atoms with van der Waals surface area (Å²) in [5.41, 5.74) is 0.586. The molecule has 0 aliphatic carbocycles. The standard InChI is InChI=1S/C20H24F3N3O2/c1-24-19(25-14-15-6-3-7-16(12-15)20(21,22)23)26-17-8-4-9-18(13-17)28-11-5-10-27-2/h3-4,6-9,12-13H,5,10-11,14H2,1-2H3,(H2,24,25,26). The number of aliphatic imine (C=N–C) groups is 1.